The molecule has 0 aromatic carbocycles. The molecule has 2 saturated heterocycles. The van der Waals surface area contributed by atoms with E-state index >= 15 is 0 Å². The van der Waals surface area contributed by atoms with Crippen molar-refractivity contribution < 1.29 is 49.3 Å². The zero-order valence-corrected chi connectivity index (χ0v) is 19.8. The van der Waals surface area contributed by atoms with E-state index in [1.54, 1.807) is 0 Å². The highest BCUT2D eigenvalue weighted by atomic mass is 28.4. The summed E-state index contributed by atoms with van der Waals surface area (Å²) in [5.41, 5.74) is 9.02. The topological polar surface area (TPSA) is 207 Å². The molecule has 2 fully saturated rings. The predicted molar refractivity (Wildman–Crippen MR) is 112 cm³/mol. The molecule has 14 heteroatoms. The van der Waals surface area contributed by atoms with Crippen molar-refractivity contribution in [3.63, 3.8) is 0 Å². The summed E-state index contributed by atoms with van der Waals surface area (Å²) in [4.78, 5) is 2.76. The molecule has 0 unspecified atom stereocenters. The molecule has 0 aromatic heterocycles. The zero-order chi connectivity index (χ0) is 24.4. The SMILES string of the molecule is CC(C)(C)[Si](C)(C)O[C@@H]1O[C@H](CO)[C@@H](O[C@@H]2O[C@H](CO)[C@H](O)[C@H](O)[C@H]2O)[C@H](O)[C@H]1N=[N+]=[N-]. The normalized spacial score (nSPS) is 41.2. The van der Waals surface area contributed by atoms with Gasteiger partial charge in [-0.2, -0.15) is 0 Å². The molecule has 0 bridgehead atoms. The summed E-state index contributed by atoms with van der Waals surface area (Å²) >= 11 is 0. The van der Waals surface area contributed by atoms with Crippen LogP contribution in [0.5, 0.6) is 0 Å². The van der Waals surface area contributed by atoms with Crippen molar-refractivity contribution >= 4 is 8.32 Å². The number of azide groups is 1. The summed E-state index contributed by atoms with van der Waals surface area (Å²) in [6, 6.07) is -1.24. The van der Waals surface area contributed by atoms with Gasteiger partial charge >= 0.3 is 0 Å². The van der Waals surface area contributed by atoms with Crippen LogP contribution in [0.1, 0.15) is 20.8 Å². The summed E-state index contributed by atoms with van der Waals surface area (Å²) in [6.45, 7) is 8.60. The van der Waals surface area contributed by atoms with E-state index in [0.29, 0.717) is 0 Å². The molecule has 0 aliphatic carbocycles. The average molecular weight is 482 g/mol. The molecule has 0 radical (unpaired) electrons. The van der Waals surface area contributed by atoms with Gasteiger partial charge in [-0.25, -0.2) is 0 Å². The molecule has 0 amide bonds. The molecule has 186 valence electrons. The molecule has 0 spiro atoms. The van der Waals surface area contributed by atoms with Crippen molar-refractivity contribution in [3.8, 4) is 0 Å². The van der Waals surface area contributed by atoms with Crippen LogP contribution in [0.25, 0.3) is 10.4 Å². The van der Waals surface area contributed by atoms with E-state index in [1.165, 1.54) is 0 Å². The minimum atomic E-state index is -2.44. The fourth-order valence-electron chi connectivity index (χ4n) is 3.30. The number of nitrogens with zero attached hydrogens (tertiary/aromatic N) is 3. The summed E-state index contributed by atoms with van der Waals surface area (Å²) in [5, 5.41) is 63.7. The smallest absolute Gasteiger partial charge is 0.195 e. The summed E-state index contributed by atoms with van der Waals surface area (Å²) in [5.74, 6) is 0. The highest BCUT2D eigenvalue weighted by molar-refractivity contribution is 6.74. The number of aliphatic hydroxyl groups is 6. The maximum Gasteiger partial charge on any atom is 0.195 e. The lowest BCUT2D eigenvalue weighted by molar-refractivity contribution is -0.343. The van der Waals surface area contributed by atoms with Crippen LogP contribution in [0.3, 0.4) is 0 Å². The Bertz CT molecular complexity index is 672. The zero-order valence-electron chi connectivity index (χ0n) is 18.8. The third-order valence-corrected chi connectivity index (χ3v) is 10.8. The standard InChI is InChI=1S/C18H35N3O10Si/c1-18(2,3)32(4,5)31-16-10(20-21-19)12(25)15(9(7-23)29-16)30-17-14(27)13(26)11(24)8(6-22)28-17/h8-17,22-27H,6-7H2,1-5H3/t8-,9-,10-,11+,12-,13+,14-,15-,16+,17+/m1/s1. The van der Waals surface area contributed by atoms with Crippen molar-refractivity contribution in [3.05, 3.63) is 10.4 Å². The maximum atomic E-state index is 10.9. The molecule has 2 aliphatic heterocycles. The van der Waals surface area contributed by atoms with E-state index in [4.69, 9.17) is 24.2 Å². The highest BCUT2D eigenvalue weighted by Gasteiger charge is 2.52. The van der Waals surface area contributed by atoms with Gasteiger partial charge in [0.1, 0.15) is 42.7 Å². The first kappa shape index (κ1) is 27.4. The Morgan fingerprint density at radius 1 is 0.906 bits per heavy atom. The van der Waals surface area contributed by atoms with Crippen LogP contribution in [0.15, 0.2) is 5.11 Å². The largest absolute Gasteiger partial charge is 0.394 e. The summed E-state index contributed by atoms with van der Waals surface area (Å²) in [7, 11) is -2.44. The van der Waals surface area contributed by atoms with Gasteiger partial charge in [0.15, 0.2) is 20.9 Å². The van der Waals surface area contributed by atoms with E-state index in [9.17, 15) is 30.6 Å². The van der Waals surface area contributed by atoms with Crippen LogP contribution < -0.4 is 0 Å². The molecular formula is C18H35N3O10Si. The summed E-state index contributed by atoms with van der Waals surface area (Å²) in [6.07, 6.45) is -13.0. The number of rotatable bonds is 7. The van der Waals surface area contributed by atoms with Crippen molar-refractivity contribution in [1.29, 1.82) is 0 Å². The van der Waals surface area contributed by atoms with E-state index in [1.807, 2.05) is 33.9 Å². The van der Waals surface area contributed by atoms with Gasteiger partial charge in [0, 0.05) is 4.91 Å². The monoisotopic (exact) mass is 481 g/mol. The minimum absolute atomic E-state index is 0.222. The van der Waals surface area contributed by atoms with Gasteiger partial charge in [0.05, 0.1) is 19.3 Å². The van der Waals surface area contributed by atoms with Crippen molar-refractivity contribution in [2.24, 2.45) is 5.11 Å². The van der Waals surface area contributed by atoms with Crippen LogP contribution in [0.4, 0.5) is 0 Å². The van der Waals surface area contributed by atoms with Gasteiger partial charge in [-0.3, -0.25) is 0 Å². The third-order valence-electron chi connectivity index (χ3n) is 6.36. The lowest BCUT2D eigenvalue weighted by Gasteiger charge is -2.48. The lowest BCUT2D eigenvalue weighted by atomic mass is 9.96. The van der Waals surface area contributed by atoms with Crippen LogP contribution in [-0.2, 0) is 18.6 Å². The quantitative estimate of drug-likeness (QED) is 0.112. The van der Waals surface area contributed by atoms with E-state index in [-0.39, 0.29) is 5.04 Å². The number of hydrogen-bond donors (Lipinski definition) is 6. The number of hydrogen-bond acceptors (Lipinski definition) is 11. The van der Waals surface area contributed by atoms with Gasteiger partial charge in [-0.05, 0) is 23.7 Å². The fourth-order valence-corrected chi connectivity index (χ4v) is 4.43. The second-order valence-electron chi connectivity index (χ2n) is 9.59. The van der Waals surface area contributed by atoms with Crippen molar-refractivity contribution in [2.45, 2.75) is 100 Å². The molecule has 2 heterocycles. The molecule has 0 saturated carbocycles. The van der Waals surface area contributed by atoms with Gasteiger partial charge in [-0.1, -0.05) is 25.9 Å². The highest BCUT2D eigenvalue weighted by Crippen LogP contribution is 2.40. The van der Waals surface area contributed by atoms with Gasteiger partial charge < -0.3 is 49.3 Å². The van der Waals surface area contributed by atoms with E-state index < -0.39 is 82.9 Å². The molecule has 32 heavy (non-hydrogen) atoms. The summed E-state index contributed by atoms with van der Waals surface area (Å²) < 4.78 is 22.9. The third kappa shape index (κ3) is 5.60. The molecule has 2 aliphatic rings. The molecule has 10 atom stereocenters. The van der Waals surface area contributed by atoms with Crippen LogP contribution in [-0.4, -0.2) is 114 Å². The Labute approximate surface area is 187 Å². The molecule has 0 aromatic rings. The fraction of sp³-hybridized carbons (Fsp3) is 1.00. The molecular weight excluding hydrogens is 446 g/mol. The van der Waals surface area contributed by atoms with Gasteiger partial charge in [0.2, 0.25) is 0 Å². The molecule has 13 nitrogen and oxygen atoms in total. The van der Waals surface area contributed by atoms with E-state index in [2.05, 4.69) is 10.0 Å². The average Bonchev–Trinajstić information content (AvgIpc) is 2.71. The first-order valence-electron chi connectivity index (χ1n) is 10.4. The first-order chi connectivity index (χ1) is 14.8. The first-order valence-corrected chi connectivity index (χ1v) is 13.3. The van der Waals surface area contributed by atoms with Gasteiger partial charge in [0.25, 0.3) is 0 Å². The second kappa shape index (κ2) is 10.6. The van der Waals surface area contributed by atoms with Crippen LogP contribution >= 0.6 is 0 Å². The Kier molecular flexibility index (Phi) is 9.06. The predicted octanol–water partition coefficient (Wildman–Crippen LogP) is -1.05. The second-order valence-corrected chi connectivity index (χ2v) is 14.3. The number of aliphatic hydroxyl groups excluding tert-OH is 6. The number of ether oxygens (including phenoxy) is 3. The van der Waals surface area contributed by atoms with Gasteiger partial charge in [-0.15, -0.1) is 0 Å². The van der Waals surface area contributed by atoms with Crippen LogP contribution in [0.2, 0.25) is 18.1 Å². The maximum absolute atomic E-state index is 10.9. The van der Waals surface area contributed by atoms with E-state index in [0.717, 1.165) is 0 Å². The molecule has 2 rings (SSSR count). The van der Waals surface area contributed by atoms with Crippen molar-refractivity contribution in [2.75, 3.05) is 13.2 Å². The minimum Gasteiger partial charge on any atom is -0.394 e. The Hall–Kier alpha value is -0.873. The van der Waals surface area contributed by atoms with Crippen molar-refractivity contribution in [1.82, 2.24) is 0 Å². The Morgan fingerprint density at radius 3 is 1.97 bits per heavy atom. The van der Waals surface area contributed by atoms with Crippen LogP contribution in [0, 0.1) is 0 Å². The Balaban J connectivity index is 2.27. The lowest BCUT2D eigenvalue weighted by Crippen LogP contribution is -2.65. The Morgan fingerprint density at radius 2 is 1.47 bits per heavy atom. The molecule has 6 N–H and O–H groups in total.